The van der Waals surface area contributed by atoms with Crippen LogP contribution in [0.3, 0.4) is 0 Å². The van der Waals surface area contributed by atoms with Crippen molar-refractivity contribution in [2.75, 3.05) is 17.8 Å². The molecule has 2 aromatic carbocycles. The van der Waals surface area contributed by atoms with Crippen LogP contribution in [-0.2, 0) is 11.3 Å². The molecular formula is C23H20FN3O2S2. The molecule has 0 fully saturated rings. The summed E-state index contributed by atoms with van der Waals surface area (Å²) in [6.45, 7) is 2.32. The number of carbonyl (C=O) groups is 1. The Bertz CT molecular complexity index is 1200. The van der Waals surface area contributed by atoms with Gasteiger partial charge in [0.05, 0.1) is 29.8 Å². The summed E-state index contributed by atoms with van der Waals surface area (Å²) in [6.07, 6.45) is 1.71. The van der Waals surface area contributed by atoms with Crippen molar-refractivity contribution in [1.29, 1.82) is 0 Å². The lowest BCUT2D eigenvalue weighted by Crippen LogP contribution is -2.32. The molecule has 2 heterocycles. The summed E-state index contributed by atoms with van der Waals surface area (Å²) < 4.78 is 19.6. The van der Waals surface area contributed by atoms with Crippen LogP contribution in [-0.4, -0.2) is 28.7 Å². The van der Waals surface area contributed by atoms with E-state index in [0.717, 1.165) is 26.4 Å². The van der Waals surface area contributed by atoms with Gasteiger partial charge in [0.15, 0.2) is 5.13 Å². The van der Waals surface area contributed by atoms with E-state index < -0.39 is 0 Å². The molecule has 0 N–H and O–H groups in total. The normalized spacial score (nSPS) is 10.9. The minimum absolute atomic E-state index is 0.101. The van der Waals surface area contributed by atoms with Gasteiger partial charge in [-0.1, -0.05) is 23.5 Å². The summed E-state index contributed by atoms with van der Waals surface area (Å²) in [5, 5.41) is 0.595. The summed E-state index contributed by atoms with van der Waals surface area (Å²) in [7, 11) is 1.61. The molecule has 0 atom stereocenters. The van der Waals surface area contributed by atoms with Crippen LogP contribution in [0.25, 0.3) is 10.2 Å². The fourth-order valence-corrected chi connectivity index (χ4v) is 4.89. The monoisotopic (exact) mass is 453 g/mol. The van der Waals surface area contributed by atoms with Crippen molar-refractivity contribution in [2.24, 2.45) is 0 Å². The molecule has 0 saturated carbocycles. The second-order valence-electron chi connectivity index (χ2n) is 6.80. The number of aromatic nitrogens is 2. The third kappa shape index (κ3) is 4.86. The Hall–Kier alpha value is -2.97. The first-order valence-corrected chi connectivity index (χ1v) is 11.4. The third-order valence-electron chi connectivity index (χ3n) is 4.67. The smallest absolute Gasteiger partial charge is 0.239 e. The number of pyridine rings is 1. The number of rotatable bonds is 7. The Balaban J connectivity index is 1.65. The van der Waals surface area contributed by atoms with Crippen LogP contribution < -0.4 is 9.64 Å². The molecule has 31 heavy (non-hydrogen) atoms. The Morgan fingerprint density at radius 1 is 1.16 bits per heavy atom. The van der Waals surface area contributed by atoms with Gasteiger partial charge in [0, 0.05) is 11.1 Å². The highest BCUT2D eigenvalue weighted by molar-refractivity contribution is 8.00. The molecule has 2 aromatic heterocycles. The molecule has 0 bridgehead atoms. The molecule has 0 aliphatic carbocycles. The number of carbonyl (C=O) groups excluding carboxylic acids is 1. The maximum Gasteiger partial charge on any atom is 0.239 e. The lowest BCUT2D eigenvalue weighted by molar-refractivity contribution is -0.116. The highest BCUT2D eigenvalue weighted by Gasteiger charge is 2.22. The van der Waals surface area contributed by atoms with E-state index in [-0.39, 0.29) is 17.5 Å². The van der Waals surface area contributed by atoms with Crippen LogP contribution in [0.15, 0.2) is 65.7 Å². The maximum atomic E-state index is 13.2. The summed E-state index contributed by atoms with van der Waals surface area (Å²) in [6, 6.07) is 15.6. The predicted molar refractivity (Wildman–Crippen MR) is 123 cm³/mol. The number of nitrogens with zero attached hydrogens (tertiary/aromatic N) is 3. The van der Waals surface area contributed by atoms with Crippen LogP contribution in [0.4, 0.5) is 9.52 Å². The molecule has 4 aromatic rings. The molecular weight excluding hydrogens is 433 g/mol. The zero-order valence-corrected chi connectivity index (χ0v) is 18.7. The molecule has 158 valence electrons. The first kappa shape index (κ1) is 21.3. The number of hydrogen-bond donors (Lipinski definition) is 0. The quantitative estimate of drug-likeness (QED) is 0.347. The third-order valence-corrected chi connectivity index (χ3v) is 6.88. The van der Waals surface area contributed by atoms with Crippen LogP contribution in [0.2, 0.25) is 0 Å². The Labute approximate surface area is 187 Å². The Morgan fingerprint density at radius 3 is 2.68 bits per heavy atom. The van der Waals surface area contributed by atoms with Gasteiger partial charge in [0.25, 0.3) is 0 Å². The summed E-state index contributed by atoms with van der Waals surface area (Å²) >= 11 is 2.82. The fraction of sp³-hybridized carbons (Fsp3) is 0.174. The van der Waals surface area contributed by atoms with E-state index in [9.17, 15) is 9.18 Å². The van der Waals surface area contributed by atoms with Crippen molar-refractivity contribution in [3.05, 3.63) is 77.9 Å². The molecule has 1 amide bonds. The van der Waals surface area contributed by atoms with Crippen LogP contribution in [0.5, 0.6) is 5.75 Å². The van der Waals surface area contributed by atoms with Crippen molar-refractivity contribution in [3.8, 4) is 5.75 Å². The zero-order chi connectivity index (χ0) is 21.8. The number of fused-ring (bicyclic) bond motifs is 1. The van der Waals surface area contributed by atoms with E-state index >= 15 is 0 Å². The molecule has 8 heteroatoms. The van der Waals surface area contributed by atoms with E-state index in [2.05, 4.69) is 4.98 Å². The zero-order valence-electron chi connectivity index (χ0n) is 17.0. The number of aryl methyl sites for hydroxylation is 1. The van der Waals surface area contributed by atoms with Gasteiger partial charge < -0.3 is 4.74 Å². The van der Waals surface area contributed by atoms with Crippen molar-refractivity contribution < 1.29 is 13.9 Å². The Kier molecular flexibility index (Phi) is 6.48. The van der Waals surface area contributed by atoms with E-state index in [1.807, 2.05) is 37.3 Å². The highest BCUT2D eigenvalue weighted by Crippen LogP contribution is 2.37. The van der Waals surface area contributed by atoms with Gasteiger partial charge in [-0.2, -0.15) is 0 Å². The number of thioether (sulfide) groups is 1. The average molecular weight is 454 g/mol. The first-order chi connectivity index (χ1) is 15.0. The van der Waals surface area contributed by atoms with Crippen LogP contribution >= 0.6 is 23.1 Å². The molecule has 0 saturated heterocycles. The van der Waals surface area contributed by atoms with Crippen molar-refractivity contribution in [3.63, 3.8) is 0 Å². The minimum atomic E-state index is -0.300. The Morgan fingerprint density at radius 2 is 1.97 bits per heavy atom. The number of benzene rings is 2. The average Bonchev–Trinajstić information content (AvgIpc) is 3.24. The van der Waals surface area contributed by atoms with Gasteiger partial charge in [0.1, 0.15) is 17.1 Å². The lowest BCUT2D eigenvalue weighted by Gasteiger charge is -2.19. The SMILES string of the molecule is COc1ccc(C)c2sc(N(Cc3ccccn3)C(=O)CSc3ccc(F)cc3)nc12. The molecule has 0 unspecified atom stereocenters. The predicted octanol–water partition coefficient (Wildman–Crippen LogP) is 5.47. The van der Waals surface area contributed by atoms with E-state index in [4.69, 9.17) is 9.72 Å². The maximum absolute atomic E-state index is 13.2. The van der Waals surface area contributed by atoms with Gasteiger partial charge in [-0.05, 0) is 55.0 Å². The molecule has 0 aliphatic rings. The fourth-order valence-electron chi connectivity index (χ4n) is 3.05. The van der Waals surface area contributed by atoms with E-state index in [1.165, 1.54) is 35.2 Å². The number of halogens is 1. The number of ether oxygens (including phenoxy) is 1. The van der Waals surface area contributed by atoms with Crippen molar-refractivity contribution in [2.45, 2.75) is 18.4 Å². The van der Waals surface area contributed by atoms with Gasteiger partial charge in [0.2, 0.25) is 5.91 Å². The van der Waals surface area contributed by atoms with Gasteiger partial charge in [-0.15, -0.1) is 11.8 Å². The number of methoxy groups -OCH3 is 1. The molecule has 0 spiro atoms. The summed E-state index contributed by atoms with van der Waals surface area (Å²) in [5.41, 5.74) is 2.59. The van der Waals surface area contributed by atoms with Gasteiger partial charge in [-0.3, -0.25) is 14.7 Å². The minimum Gasteiger partial charge on any atom is -0.494 e. The lowest BCUT2D eigenvalue weighted by atomic mass is 10.2. The van der Waals surface area contributed by atoms with Gasteiger partial charge in [-0.25, -0.2) is 9.37 Å². The topological polar surface area (TPSA) is 55.3 Å². The molecule has 0 radical (unpaired) electrons. The first-order valence-electron chi connectivity index (χ1n) is 9.58. The molecule has 0 aliphatic heterocycles. The van der Waals surface area contributed by atoms with Crippen LogP contribution in [0.1, 0.15) is 11.3 Å². The van der Waals surface area contributed by atoms with Gasteiger partial charge >= 0.3 is 0 Å². The van der Waals surface area contributed by atoms with Crippen LogP contribution in [0, 0.1) is 12.7 Å². The summed E-state index contributed by atoms with van der Waals surface area (Å²) in [4.78, 5) is 24.8. The van der Waals surface area contributed by atoms with E-state index in [1.54, 1.807) is 30.3 Å². The number of thiazole rings is 1. The number of amides is 1. The van der Waals surface area contributed by atoms with Crippen molar-refractivity contribution in [1.82, 2.24) is 9.97 Å². The van der Waals surface area contributed by atoms with E-state index in [0.29, 0.717) is 17.4 Å². The highest BCUT2D eigenvalue weighted by atomic mass is 32.2. The number of hydrogen-bond acceptors (Lipinski definition) is 6. The molecule has 5 nitrogen and oxygen atoms in total. The summed E-state index contributed by atoms with van der Waals surface area (Å²) in [5.74, 6) is 0.473. The van der Waals surface area contributed by atoms with Crippen molar-refractivity contribution >= 4 is 44.4 Å². The standard InChI is InChI=1S/C23H20FN3O2S2/c1-15-6-11-19(29-2)21-22(15)31-23(26-21)27(13-17-5-3-4-12-25-17)20(28)14-30-18-9-7-16(24)8-10-18/h3-12H,13-14H2,1-2H3. The molecule has 4 rings (SSSR count). The largest absolute Gasteiger partial charge is 0.494 e. The second-order valence-corrected chi connectivity index (χ2v) is 8.83. The number of anilines is 1. The second kappa shape index (κ2) is 9.45.